The molecule has 1 amide bonds. The predicted molar refractivity (Wildman–Crippen MR) is 96.7 cm³/mol. The Morgan fingerprint density at radius 1 is 1.29 bits per heavy atom. The third-order valence-electron chi connectivity index (χ3n) is 3.94. The number of benzene rings is 1. The van der Waals surface area contributed by atoms with Crippen LogP contribution < -0.4 is 4.90 Å². The number of aromatic nitrogens is 1. The Morgan fingerprint density at radius 2 is 1.96 bits per heavy atom. The number of morpholine rings is 1. The van der Waals surface area contributed by atoms with Gasteiger partial charge >= 0.3 is 0 Å². The van der Waals surface area contributed by atoms with E-state index >= 15 is 0 Å². The van der Waals surface area contributed by atoms with Crippen LogP contribution in [0.1, 0.15) is 26.5 Å². The molecule has 128 valence electrons. The smallest absolute Gasteiger partial charge is 0.230 e. The molecule has 2 atom stereocenters. The number of carbonyl (C=O) groups is 1. The number of para-hydroxylation sites is 1. The van der Waals surface area contributed by atoms with E-state index in [2.05, 4.69) is 18.7 Å². The fourth-order valence-corrected chi connectivity index (χ4v) is 4.00. The Balaban J connectivity index is 1.75. The van der Waals surface area contributed by atoms with Gasteiger partial charge in [0.1, 0.15) is 0 Å². The van der Waals surface area contributed by atoms with E-state index in [1.807, 2.05) is 35.7 Å². The molecule has 24 heavy (non-hydrogen) atoms. The number of rotatable bonds is 4. The first-order valence-corrected chi connectivity index (χ1v) is 9.09. The molecule has 0 saturated carbocycles. The summed E-state index contributed by atoms with van der Waals surface area (Å²) in [6.45, 7) is 8.37. The summed E-state index contributed by atoms with van der Waals surface area (Å²) in [5, 5.41) is 2.76. The van der Waals surface area contributed by atoms with Crippen LogP contribution in [0.3, 0.4) is 0 Å². The predicted octanol–water partition coefficient (Wildman–Crippen LogP) is 3.44. The number of thiazole rings is 1. The third kappa shape index (κ3) is 4.01. The van der Waals surface area contributed by atoms with Crippen LogP contribution in [0, 0.1) is 0 Å². The van der Waals surface area contributed by atoms with Crippen molar-refractivity contribution in [3.63, 3.8) is 0 Å². The van der Waals surface area contributed by atoms with E-state index in [0.717, 1.165) is 36.1 Å². The molecule has 0 bridgehead atoms. The lowest BCUT2D eigenvalue weighted by Gasteiger charge is -2.34. The monoisotopic (exact) mass is 345 g/mol. The van der Waals surface area contributed by atoms with E-state index in [1.54, 1.807) is 11.8 Å². The number of anilines is 2. The molecule has 2 aromatic rings. The summed E-state index contributed by atoms with van der Waals surface area (Å²) in [7, 11) is 0. The normalized spacial score (nSPS) is 21.6. The second-order valence-electron chi connectivity index (χ2n) is 6.26. The summed E-state index contributed by atoms with van der Waals surface area (Å²) in [6.07, 6.45) is 0.481. The van der Waals surface area contributed by atoms with Crippen LogP contribution in [0.4, 0.5) is 10.8 Å². The number of amides is 1. The fourth-order valence-electron chi connectivity index (χ4n) is 3.12. The van der Waals surface area contributed by atoms with Gasteiger partial charge in [-0.25, -0.2) is 4.98 Å². The van der Waals surface area contributed by atoms with Crippen molar-refractivity contribution in [3.8, 4) is 0 Å². The van der Waals surface area contributed by atoms with Crippen LogP contribution in [-0.4, -0.2) is 41.1 Å². The van der Waals surface area contributed by atoms with Crippen LogP contribution in [0.25, 0.3) is 0 Å². The van der Waals surface area contributed by atoms with E-state index < -0.39 is 0 Å². The molecule has 1 fully saturated rings. The van der Waals surface area contributed by atoms with E-state index in [1.165, 1.54) is 11.3 Å². The molecule has 5 nitrogen and oxygen atoms in total. The molecule has 1 aromatic heterocycles. The minimum atomic E-state index is -0.0317. The highest BCUT2D eigenvalue weighted by molar-refractivity contribution is 7.14. The Morgan fingerprint density at radius 3 is 2.58 bits per heavy atom. The van der Waals surface area contributed by atoms with Crippen molar-refractivity contribution in [2.45, 2.75) is 39.5 Å². The van der Waals surface area contributed by atoms with Crippen molar-refractivity contribution in [3.05, 3.63) is 41.4 Å². The molecular weight excluding hydrogens is 322 g/mol. The van der Waals surface area contributed by atoms with Crippen molar-refractivity contribution < 1.29 is 9.53 Å². The fraction of sp³-hybridized carbons (Fsp3) is 0.444. The average Bonchev–Trinajstić information content (AvgIpc) is 2.95. The Kier molecular flexibility index (Phi) is 5.28. The second kappa shape index (κ2) is 7.42. The number of hydrogen-bond donors (Lipinski definition) is 0. The topological polar surface area (TPSA) is 45.7 Å². The van der Waals surface area contributed by atoms with Crippen molar-refractivity contribution >= 4 is 28.1 Å². The lowest BCUT2D eigenvalue weighted by atomic mass is 10.2. The Hall–Kier alpha value is -1.76. The van der Waals surface area contributed by atoms with Gasteiger partial charge in [0.05, 0.1) is 23.6 Å². The first-order chi connectivity index (χ1) is 11.5. The summed E-state index contributed by atoms with van der Waals surface area (Å²) in [5.41, 5.74) is 1.85. The van der Waals surface area contributed by atoms with Gasteiger partial charge in [0.2, 0.25) is 5.91 Å². The van der Waals surface area contributed by atoms with Crippen LogP contribution in [0.15, 0.2) is 35.7 Å². The number of nitrogens with zero attached hydrogens (tertiary/aromatic N) is 3. The maximum absolute atomic E-state index is 12.1. The summed E-state index contributed by atoms with van der Waals surface area (Å²) in [4.78, 5) is 20.8. The summed E-state index contributed by atoms with van der Waals surface area (Å²) in [5.74, 6) is -0.0317. The number of ether oxygens (including phenoxy) is 1. The van der Waals surface area contributed by atoms with Crippen molar-refractivity contribution in [2.75, 3.05) is 18.0 Å². The average molecular weight is 345 g/mol. The molecule has 0 unspecified atom stereocenters. The molecule has 0 N–H and O–H groups in total. The standard InChI is InChI=1S/C18H23N3O2S/c1-13-9-20(10-14(2)23-13)11-16-12-24-18(19-16)21(15(3)22)17-7-5-4-6-8-17/h4-8,12-14H,9-11H2,1-3H3/t13-,14-/m1/s1. The van der Waals surface area contributed by atoms with Gasteiger partial charge in [-0.1, -0.05) is 18.2 Å². The Labute approximate surface area is 146 Å². The summed E-state index contributed by atoms with van der Waals surface area (Å²) >= 11 is 1.51. The molecule has 0 aliphatic carbocycles. The van der Waals surface area contributed by atoms with E-state index in [4.69, 9.17) is 9.72 Å². The lowest BCUT2D eigenvalue weighted by Crippen LogP contribution is -2.44. The van der Waals surface area contributed by atoms with Gasteiger partial charge in [-0.05, 0) is 26.0 Å². The van der Waals surface area contributed by atoms with E-state index in [0.29, 0.717) is 0 Å². The highest BCUT2D eigenvalue weighted by atomic mass is 32.1. The van der Waals surface area contributed by atoms with Gasteiger partial charge in [0.15, 0.2) is 5.13 Å². The largest absolute Gasteiger partial charge is 0.373 e. The SMILES string of the molecule is CC(=O)N(c1ccccc1)c1nc(CN2C[C@@H](C)O[C@H](C)C2)cs1. The molecule has 6 heteroatoms. The minimum absolute atomic E-state index is 0.0317. The summed E-state index contributed by atoms with van der Waals surface area (Å²) in [6, 6.07) is 9.64. The number of hydrogen-bond acceptors (Lipinski definition) is 5. The molecule has 2 heterocycles. The van der Waals surface area contributed by atoms with Crippen molar-refractivity contribution in [2.24, 2.45) is 0 Å². The molecule has 1 aliphatic rings. The molecule has 3 rings (SSSR count). The van der Waals surface area contributed by atoms with Gasteiger partial charge < -0.3 is 4.74 Å². The van der Waals surface area contributed by atoms with E-state index in [9.17, 15) is 4.79 Å². The zero-order chi connectivity index (χ0) is 17.1. The van der Waals surface area contributed by atoms with E-state index in [-0.39, 0.29) is 18.1 Å². The van der Waals surface area contributed by atoms with Gasteiger partial charge in [0.25, 0.3) is 0 Å². The number of carbonyl (C=O) groups excluding carboxylic acids is 1. The van der Waals surface area contributed by atoms with Crippen LogP contribution in [-0.2, 0) is 16.1 Å². The molecule has 0 spiro atoms. The quantitative estimate of drug-likeness (QED) is 0.852. The van der Waals surface area contributed by atoms with Gasteiger partial charge in [-0.3, -0.25) is 14.6 Å². The molecule has 1 saturated heterocycles. The van der Waals surface area contributed by atoms with Gasteiger partial charge in [-0.2, -0.15) is 0 Å². The highest BCUT2D eigenvalue weighted by Crippen LogP contribution is 2.29. The molecule has 0 radical (unpaired) electrons. The van der Waals surface area contributed by atoms with Crippen molar-refractivity contribution in [1.29, 1.82) is 0 Å². The van der Waals surface area contributed by atoms with Gasteiger partial charge in [-0.15, -0.1) is 11.3 Å². The third-order valence-corrected chi connectivity index (χ3v) is 4.82. The Bertz CT molecular complexity index is 679. The van der Waals surface area contributed by atoms with Crippen LogP contribution in [0.5, 0.6) is 0 Å². The zero-order valence-corrected chi connectivity index (χ0v) is 15.1. The molecule has 1 aliphatic heterocycles. The van der Waals surface area contributed by atoms with Gasteiger partial charge in [0, 0.05) is 31.9 Å². The second-order valence-corrected chi connectivity index (χ2v) is 7.10. The minimum Gasteiger partial charge on any atom is -0.373 e. The summed E-state index contributed by atoms with van der Waals surface area (Å²) < 4.78 is 5.77. The first kappa shape index (κ1) is 17.1. The zero-order valence-electron chi connectivity index (χ0n) is 14.3. The highest BCUT2D eigenvalue weighted by Gasteiger charge is 2.23. The first-order valence-electron chi connectivity index (χ1n) is 8.21. The maximum Gasteiger partial charge on any atom is 0.230 e. The van der Waals surface area contributed by atoms with Crippen molar-refractivity contribution in [1.82, 2.24) is 9.88 Å². The molecule has 1 aromatic carbocycles. The maximum atomic E-state index is 12.1. The molecular formula is C18H23N3O2S. The lowest BCUT2D eigenvalue weighted by molar-refractivity contribution is -0.115. The van der Waals surface area contributed by atoms with Crippen LogP contribution in [0.2, 0.25) is 0 Å². The van der Waals surface area contributed by atoms with Crippen LogP contribution >= 0.6 is 11.3 Å².